The Bertz CT molecular complexity index is 815. The first kappa shape index (κ1) is 21.0. The molecule has 0 spiro atoms. The van der Waals surface area contributed by atoms with Gasteiger partial charge in [0, 0.05) is 18.8 Å². The first-order valence-corrected chi connectivity index (χ1v) is 9.17. The highest BCUT2D eigenvalue weighted by Gasteiger charge is 2.12. The Kier molecular flexibility index (Phi) is 8.02. The zero-order valence-corrected chi connectivity index (χ0v) is 16.4. The lowest BCUT2D eigenvalue weighted by molar-refractivity contribution is -0.120. The number of hydrazone groups is 1. The fourth-order valence-electron chi connectivity index (χ4n) is 2.67. The maximum absolute atomic E-state index is 12.1. The largest absolute Gasteiger partial charge is 0.496 e. The van der Waals surface area contributed by atoms with Gasteiger partial charge in [-0.1, -0.05) is 24.3 Å². The number of rotatable bonds is 9. The molecule has 7 heteroatoms. The molecule has 0 aliphatic carbocycles. The molecule has 0 atom stereocenters. The van der Waals surface area contributed by atoms with Crippen molar-refractivity contribution in [2.24, 2.45) is 5.10 Å². The van der Waals surface area contributed by atoms with Crippen LogP contribution < -0.4 is 20.4 Å². The molecule has 7 nitrogen and oxygen atoms in total. The lowest BCUT2D eigenvalue weighted by atomic mass is 10.2. The summed E-state index contributed by atoms with van der Waals surface area (Å²) in [5.41, 5.74) is 4.78. The van der Waals surface area contributed by atoms with Gasteiger partial charge in [-0.2, -0.15) is 5.10 Å². The molecule has 2 aromatic carbocycles. The number of anilines is 1. The molecule has 28 heavy (non-hydrogen) atoms. The Balaban J connectivity index is 1.82. The molecule has 148 valence electrons. The standard InChI is InChI=1S/C21H26N4O3/c1-4-25(5-2)17-12-10-16(11-13-17)14-23-24-20(26)15-22-21(27)18-8-6-7-9-19(18)28-3/h6-14H,4-5,15H2,1-3H3,(H,22,27)(H,24,26)/b23-14+. The van der Waals surface area contributed by atoms with Crippen molar-refractivity contribution in [3.05, 3.63) is 59.7 Å². The molecule has 0 fully saturated rings. The van der Waals surface area contributed by atoms with Crippen molar-refractivity contribution in [2.75, 3.05) is 31.6 Å². The first-order chi connectivity index (χ1) is 13.6. The molecular weight excluding hydrogens is 356 g/mol. The zero-order valence-electron chi connectivity index (χ0n) is 16.4. The number of carbonyl (C=O) groups is 2. The van der Waals surface area contributed by atoms with Crippen molar-refractivity contribution in [1.29, 1.82) is 0 Å². The van der Waals surface area contributed by atoms with Crippen LogP contribution in [0.2, 0.25) is 0 Å². The molecule has 0 heterocycles. The van der Waals surface area contributed by atoms with Crippen LogP contribution in [0.4, 0.5) is 5.69 Å². The zero-order chi connectivity index (χ0) is 20.4. The number of nitrogens with zero attached hydrogens (tertiary/aromatic N) is 2. The Morgan fingerprint density at radius 1 is 1.07 bits per heavy atom. The molecule has 0 saturated heterocycles. The molecule has 0 radical (unpaired) electrons. The van der Waals surface area contributed by atoms with Crippen LogP contribution in [-0.2, 0) is 4.79 Å². The minimum atomic E-state index is -0.417. The average molecular weight is 382 g/mol. The Morgan fingerprint density at radius 2 is 1.75 bits per heavy atom. The van der Waals surface area contributed by atoms with Crippen LogP contribution in [-0.4, -0.2) is 44.8 Å². The minimum Gasteiger partial charge on any atom is -0.496 e. The van der Waals surface area contributed by atoms with E-state index in [1.165, 1.54) is 7.11 Å². The second kappa shape index (κ2) is 10.7. The van der Waals surface area contributed by atoms with Gasteiger partial charge in [-0.05, 0) is 43.7 Å². The second-order valence-electron chi connectivity index (χ2n) is 5.94. The van der Waals surface area contributed by atoms with Gasteiger partial charge in [0.25, 0.3) is 11.8 Å². The third-order valence-electron chi connectivity index (χ3n) is 4.19. The number of benzene rings is 2. The van der Waals surface area contributed by atoms with E-state index >= 15 is 0 Å². The Labute approximate surface area is 165 Å². The number of methoxy groups -OCH3 is 1. The maximum atomic E-state index is 12.1. The number of para-hydroxylation sites is 1. The lowest BCUT2D eigenvalue weighted by Crippen LogP contribution is -2.35. The van der Waals surface area contributed by atoms with Crippen molar-refractivity contribution in [3.8, 4) is 5.75 Å². The highest BCUT2D eigenvalue weighted by molar-refractivity contribution is 5.98. The highest BCUT2D eigenvalue weighted by Crippen LogP contribution is 2.16. The van der Waals surface area contributed by atoms with E-state index in [1.807, 2.05) is 24.3 Å². The summed E-state index contributed by atoms with van der Waals surface area (Å²) in [7, 11) is 1.49. The second-order valence-corrected chi connectivity index (χ2v) is 5.94. The number of carbonyl (C=O) groups excluding carboxylic acids is 2. The fraction of sp³-hybridized carbons (Fsp3) is 0.286. The van der Waals surface area contributed by atoms with E-state index in [2.05, 4.69) is 34.6 Å². The topological polar surface area (TPSA) is 83.0 Å². The molecule has 0 aliphatic heterocycles. The molecule has 0 aromatic heterocycles. The molecular formula is C21H26N4O3. The summed E-state index contributed by atoms with van der Waals surface area (Å²) in [6.45, 7) is 5.93. The maximum Gasteiger partial charge on any atom is 0.259 e. The predicted octanol–water partition coefficient (Wildman–Crippen LogP) is 2.42. The number of ether oxygens (including phenoxy) is 1. The smallest absolute Gasteiger partial charge is 0.259 e. The lowest BCUT2D eigenvalue weighted by Gasteiger charge is -2.20. The molecule has 0 aliphatic rings. The number of amides is 2. The van der Waals surface area contributed by atoms with Gasteiger partial charge in [0.2, 0.25) is 0 Å². The summed E-state index contributed by atoms with van der Waals surface area (Å²) >= 11 is 0. The van der Waals surface area contributed by atoms with E-state index in [1.54, 1.807) is 30.5 Å². The van der Waals surface area contributed by atoms with Gasteiger partial charge in [0.1, 0.15) is 5.75 Å². The molecule has 2 amide bonds. The molecule has 0 unspecified atom stereocenters. The van der Waals surface area contributed by atoms with Gasteiger partial charge >= 0.3 is 0 Å². The number of hydrogen-bond acceptors (Lipinski definition) is 5. The van der Waals surface area contributed by atoms with Crippen LogP contribution in [0.5, 0.6) is 5.75 Å². The molecule has 2 rings (SSSR count). The molecule has 0 saturated carbocycles. The average Bonchev–Trinajstić information content (AvgIpc) is 2.74. The van der Waals surface area contributed by atoms with Crippen LogP contribution >= 0.6 is 0 Å². The van der Waals surface area contributed by atoms with Crippen LogP contribution in [0, 0.1) is 0 Å². The van der Waals surface area contributed by atoms with Crippen LogP contribution in [0.1, 0.15) is 29.8 Å². The van der Waals surface area contributed by atoms with Gasteiger partial charge in [-0.3, -0.25) is 9.59 Å². The molecule has 2 N–H and O–H groups in total. The van der Waals surface area contributed by atoms with E-state index in [-0.39, 0.29) is 12.5 Å². The third-order valence-corrected chi connectivity index (χ3v) is 4.19. The summed E-state index contributed by atoms with van der Waals surface area (Å²) in [6, 6.07) is 14.7. The summed E-state index contributed by atoms with van der Waals surface area (Å²) in [4.78, 5) is 26.3. The van der Waals surface area contributed by atoms with Crippen LogP contribution in [0.25, 0.3) is 0 Å². The van der Waals surface area contributed by atoms with E-state index < -0.39 is 5.91 Å². The minimum absolute atomic E-state index is 0.185. The predicted molar refractivity (Wildman–Crippen MR) is 111 cm³/mol. The summed E-state index contributed by atoms with van der Waals surface area (Å²) in [6.07, 6.45) is 1.56. The monoisotopic (exact) mass is 382 g/mol. The van der Waals surface area contributed by atoms with Crippen LogP contribution in [0.15, 0.2) is 53.6 Å². The first-order valence-electron chi connectivity index (χ1n) is 9.17. The normalized spacial score (nSPS) is 10.5. The van der Waals surface area contributed by atoms with Crippen molar-refractivity contribution >= 4 is 23.7 Å². The van der Waals surface area contributed by atoms with Crippen molar-refractivity contribution in [1.82, 2.24) is 10.7 Å². The summed E-state index contributed by atoms with van der Waals surface area (Å²) < 4.78 is 5.14. The van der Waals surface area contributed by atoms with E-state index in [0.717, 1.165) is 24.3 Å². The third kappa shape index (κ3) is 5.84. The fourth-order valence-corrected chi connectivity index (χ4v) is 2.67. The van der Waals surface area contributed by atoms with Gasteiger partial charge in [-0.25, -0.2) is 5.43 Å². The highest BCUT2D eigenvalue weighted by atomic mass is 16.5. The van der Waals surface area contributed by atoms with Gasteiger partial charge in [0.05, 0.1) is 25.4 Å². The summed E-state index contributed by atoms with van der Waals surface area (Å²) in [5.74, 6) is -0.352. The Hall–Kier alpha value is -3.35. The number of nitrogens with one attached hydrogen (secondary N) is 2. The van der Waals surface area contributed by atoms with Crippen molar-refractivity contribution in [3.63, 3.8) is 0 Å². The molecule has 0 bridgehead atoms. The Morgan fingerprint density at radius 3 is 2.39 bits per heavy atom. The SMILES string of the molecule is CCN(CC)c1ccc(/C=N/NC(=O)CNC(=O)c2ccccc2OC)cc1. The molecule has 2 aromatic rings. The number of hydrogen-bond donors (Lipinski definition) is 2. The van der Waals surface area contributed by atoms with Gasteiger partial charge in [-0.15, -0.1) is 0 Å². The van der Waals surface area contributed by atoms with Gasteiger partial charge < -0.3 is 15.0 Å². The van der Waals surface area contributed by atoms with E-state index in [4.69, 9.17) is 4.74 Å². The summed E-state index contributed by atoms with van der Waals surface area (Å²) in [5, 5.41) is 6.47. The van der Waals surface area contributed by atoms with Crippen LogP contribution in [0.3, 0.4) is 0 Å². The van der Waals surface area contributed by atoms with E-state index in [9.17, 15) is 9.59 Å². The van der Waals surface area contributed by atoms with Crippen molar-refractivity contribution < 1.29 is 14.3 Å². The quantitative estimate of drug-likeness (QED) is 0.515. The van der Waals surface area contributed by atoms with Gasteiger partial charge in [0.15, 0.2) is 0 Å². The van der Waals surface area contributed by atoms with Crippen molar-refractivity contribution in [2.45, 2.75) is 13.8 Å². The van der Waals surface area contributed by atoms with E-state index in [0.29, 0.717) is 11.3 Å².